The van der Waals surface area contributed by atoms with Crippen molar-refractivity contribution in [3.8, 4) is 10.6 Å². The van der Waals surface area contributed by atoms with Crippen LogP contribution in [0.3, 0.4) is 0 Å². The number of nitrogens with zero attached hydrogens (tertiary/aromatic N) is 3. The van der Waals surface area contributed by atoms with E-state index in [2.05, 4.69) is 140 Å². The Balaban J connectivity index is 0.00000320. The van der Waals surface area contributed by atoms with E-state index >= 15 is 0 Å². The molecule has 1 aliphatic heterocycles. The number of benzene rings is 4. The van der Waals surface area contributed by atoms with Crippen molar-refractivity contribution in [1.29, 1.82) is 0 Å². The summed E-state index contributed by atoms with van der Waals surface area (Å²) in [7, 11) is 4.33. The minimum Gasteiger partial charge on any atom is -1.00 e. The monoisotopic (exact) mass is 747 g/mol. The SMILES string of the molecule is CN(CCc1ccc(Br)cc1)c1ccc2nc3ccc(=[N+](C)CCc4ccc(Br)cc4)cc-3sc2c1.[I-]. The summed E-state index contributed by atoms with van der Waals surface area (Å²) in [5.41, 5.74) is 6.01. The van der Waals surface area contributed by atoms with Crippen molar-refractivity contribution in [2.24, 2.45) is 0 Å². The van der Waals surface area contributed by atoms with Gasteiger partial charge in [-0.2, -0.15) is 0 Å². The molecule has 37 heavy (non-hydrogen) atoms. The lowest BCUT2D eigenvalue weighted by Gasteiger charge is -2.20. The number of hydrogen-bond acceptors (Lipinski definition) is 3. The molecule has 1 heterocycles. The Kier molecular flexibility index (Phi) is 9.78. The Morgan fingerprint density at radius 3 is 2.14 bits per heavy atom. The van der Waals surface area contributed by atoms with Crippen LogP contribution in [-0.2, 0) is 12.8 Å². The van der Waals surface area contributed by atoms with Crippen LogP contribution in [0.2, 0.25) is 0 Å². The first-order valence-corrected chi connectivity index (χ1v) is 14.4. The molecule has 2 aliphatic rings. The zero-order chi connectivity index (χ0) is 25.1. The minimum atomic E-state index is 0. The third-order valence-electron chi connectivity index (χ3n) is 6.53. The van der Waals surface area contributed by atoms with E-state index in [0.29, 0.717) is 0 Å². The maximum absolute atomic E-state index is 4.95. The topological polar surface area (TPSA) is 19.1 Å². The van der Waals surface area contributed by atoms with Crippen molar-refractivity contribution in [2.45, 2.75) is 12.8 Å². The molecule has 0 bridgehead atoms. The molecule has 3 nitrogen and oxygen atoms in total. The van der Waals surface area contributed by atoms with E-state index < -0.39 is 0 Å². The molecule has 0 fully saturated rings. The van der Waals surface area contributed by atoms with E-state index in [0.717, 1.165) is 46.1 Å². The summed E-state index contributed by atoms with van der Waals surface area (Å²) in [4.78, 5) is 8.48. The second-order valence-corrected chi connectivity index (χ2v) is 12.0. The molecule has 0 radical (unpaired) electrons. The van der Waals surface area contributed by atoms with Crippen LogP contribution in [0.5, 0.6) is 0 Å². The maximum atomic E-state index is 4.95. The Bertz CT molecular complexity index is 1530. The van der Waals surface area contributed by atoms with Gasteiger partial charge in [-0.3, -0.25) is 0 Å². The third-order valence-corrected chi connectivity index (χ3v) is 8.68. The van der Waals surface area contributed by atoms with Gasteiger partial charge in [0.1, 0.15) is 13.6 Å². The average Bonchev–Trinajstić information content (AvgIpc) is 2.90. The standard InChI is InChI=1S/C30H28Br2N3S.HI/c1-34(17-15-21-3-7-23(31)8-4-21)25-11-13-27-29(19-25)36-30-20-26(12-14-28(30)33-27)35(2)18-16-22-5-9-24(32)10-6-22;/h3-14,19-20H,15-18H2,1-2H3;1H/q+1;/p-1. The lowest BCUT2D eigenvalue weighted by molar-refractivity contribution is -0.00000689. The summed E-state index contributed by atoms with van der Waals surface area (Å²) in [6.07, 6.45) is 2.02. The Labute approximate surface area is 256 Å². The molecule has 3 aromatic carbocycles. The van der Waals surface area contributed by atoms with Crippen LogP contribution in [-0.4, -0.2) is 32.2 Å². The van der Waals surface area contributed by atoms with Crippen molar-refractivity contribution >= 4 is 59.1 Å². The molecule has 5 rings (SSSR count). The minimum absolute atomic E-state index is 0. The van der Waals surface area contributed by atoms with Crippen molar-refractivity contribution in [3.63, 3.8) is 0 Å². The van der Waals surface area contributed by atoms with Crippen LogP contribution in [0.15, 0.2) is 93.9 Å². The van der Waals surface area contributed by atoms with Crippen LogP contribution in [0, 0.1) is 0 Å². The van der Waals surface area contributed by atoms with Crippen LogP contribution in [0.4, 0.5) is 5.69 Å². The second-order valence-electron chi connectivity index (χ2n) is 9.11. The number of halogens is 3. The third kappa shape index (κ3) is 7.19. The predicted molar refractivity (Wildman–Crippen MR) is 161 cm³/mol. The Hall–Kier alpha value is -1.81. The van der Waals surface area contributed by atoms with Gasteiger partial charge >= 0.3 is 0 Å². The fourth-order valence-electron chi connectivity index (χ4n) is 4.23. The molecule has 1 aliphatic carbocycles. The number of hydrogen-bond donors (Lipinski definition) is 0. The Morgan fingerprint density at radius 1 is 0.811 bits per heavy atom. The fraction of sp³-hybridized carbons (Fsp3) is 0.200. The van der Waals surface area contributed by atoms with Gasteiger partial charge in [0.25, 0.3) is 0 Å². The van der Waals surface area contributed by atoms with Gasteiger partial charge < -0.3 is 28.9 Å². The second kappa shape index (κ2) is 12.8. The average molecular weight is 749 g/mol. The predicted octanol–water partition coefficient (Wildman–Crippen LogP) is 4.25. The summed E-state index contributed by atoms with van der Waals surface area (Å²) >= 11 is 8.85. The Morgan fingerprint density at radius 2 is 1.46 bits per heavy atom. The van der Waals surface area contributed by atoms with Gasteiger partial charge in [0.15, 0.2) is 0 Å². The van der Waals surface area contributed by atoms with E-state index in [1.165, 1.54) is 31.7 Å². The van der Waals surface area contributed by atoms with Crippen molar-refractivity contribution < 1.29 is 24.0 Å². The number of fused-ring (bicyclic) bond motifs is 2. The zero-order valence-corrected chi connectivity index (χ0v) is 26.9. The molecule has 0 spiro atoms. The normalized spacial score (nSPS) is 11.9. The summed E-state index contributed by atoms with van der Waals surface area (Å²) in [5.74, 6) is 0. The smallest absolute Gasteiger partial charge is 0.201 e. The van der Waals surface area contributed by atoms with Gasteiger partial charge in [0.2, 0.25) is 5.36 Å². The molecule has 190 valence electrons. The molecule has 0 amide bonds. The number of rotatable bonds is 7. The fourth-order valence-corrected chi connectivity index (χ4v) is 5.79. The molecule has 0 saturated heterocycles. The molecule has 7 heteroatoms. The van der Waals surface area contributed by atoms with Crippen LogP contribution in [0.25, 0.3) is 20.8 Å². The molecule has 0 atom stereocenters. The molecule has 0 saturated carbocycles. The van der Waals surface area contributed by atoms with Crippen molar-refractivity contribution in [3.05, 3.63) is 110 Å². The molecular weight excluding hydrogens is 721 g/mol. The van der Waals surface area contributed by atoms with E-state index in [1.54, 1.807) is 0 Å². The first-order valence-electron chi connectivity index (χ1n) is 12.0. The molecule has 3 aromatic rings. The first kappa shape index (κ1) is 28.2. The summed E-state index contributed by atoms with van der Waals surface area (Å²) in [6.45, 7) is 1.93. The maximum Gasteiger partial charge on any atom is 0.201 e. The van der Waals surface area contributed by atoms with Gasteiger partial charge in [-0.05, 0) is 66.1 Å². The highest BCUT2D eigenvalue weighted by atomic mass is 127. The lowest BCUT2D eigenvalue weighted by Crippen LogP contribution is -3.00. The van der Waals surface area contributed by atoms with E-state index in [-0.39, 0.29) is 24.0 Å². The number of anilines is 1. The van der Waals surface area contributed by atoms with Crippen LogP contribution < -0.4 is 38.8 Å². The van der Waals surface area contributed by atoms with E-state index in [4.69, 9.17) is 4.98 Å². The largest absolute Gasteiger partial charge is 1.00 e. The highest BCUT2D eigenvalue weighted by Gasteiger charge is 2.11. The van der Waals surface area contributed by atoms with Gasteiger partial charge in [0, 0.05) is 46.8 Å². The van der Waals surface area contributed by atoms with Gasteiger partial charge in [-0.1, -0.05) is 56.1 Å². The molecule has 0 aromatic heterocycles. The lowest BCUT2D eigenvalue weighted by atomic mass is 10.1. The zero-order valence-electron chi connectivity index (χ0n) is 20.8. The summed E-state index contributed by atoms with van der Waals surface area (Å²) in [5, 5.41) is 1.22. The molecular formula is C30H28Br2IN3S. The van der Waals surface area contributed by atoms with Gasteiger partial charge in [0.05, 0.1) is 20.8 Å². The van der Waals surface area contributed by atoms with E-state index in [1.807, 2.05) is 11.3 Å². The van der Waals surface area contributed by atoms with Gasteiger partial charge in [-0.15, -0.1) is 11.3 Å². The molecule has 0 unspecified atom stereocenters. The highest BCUT2D eigenvalue weighted by Crippen LogP contribution is 2.31. The number of likely N-dealkylation sites (N-methyl/N-ethyl adjacent to an activating group) is 2. The molecule has 0 N–H and O–H groups in total. The summed E-state index contributed by atoms with van der Waals surface area (Å²) in [6, 6.07) is 30.4. The van der Waals surface area contributed by atoms with Crippen LogP contribution >= 0.6 is 43.2 Å². The first-order chi connectivity index (χ1) is 17.4. The quantitative estimate of drug-likeness (QED) is 0.141. The highest BCUT2D eigenvalue weighted by molar-refractivity contribution is 9.10. The van der Waals surface area contributed by atoms with Crippen LogP contribution in [0.1, 0.15) is 11.1 Å². The van der Waals surface area contributed by atoms with Crippen molar-refractivity contribution in [1.82, 2.24) is 9.56 Å². The summed E-state index contributed by atoms with van der Waals surface area (Å²) < 4.78 is 5.78. The van der Waals surface area contributed by atoms with E-state index in [9.17, 15) is 0 Å². The number of aromatic nitrogens is 1. The van der Waals surface area contributed by atoms with Gasteiger partial charge in [-0.25, -0.2) is 9.56 Å². The van der Waals surface area contributed by atoms with Crippen molar-refractivity contribution in [2.75, 3.05) is 32.1 Å².